The van der Waals surface area contributed by atoms with Gasteiger partial charge in [-0.2, -0.15) is 0 Å². The fraction of sp³-hybridized carbons (Fsp3) is 0.938. The first kappa shape index (κ1) is 18.4. The largest absolute Gasteiger partial charge is 0.468 e. The molecule has 0 aromatic carbocycles. The van der Waals surface area contributed by atoms with Crippen LogP contribution in [0.15, 0.2) is 0 Å². The maximum Gasteiger partial charge on any atom is 0.325 e. The molecule has 0 amide bonds. The molecule has 0 saturated carbocycles. The van der Waals surface area contributed by atoms with Gasteiger partial charge in [0.2, 0.25) is 0 Å². The van der Waals surface area contributed by atoms with E-state index in [4.69, 9.17) is 4.74 Å². The molecule has 1 rings (SSSR count). The lowest BCUT2D eigenvalue weighted by Gasteiger charge is -2.36. The van der Waals surface area contributed by atoms with Crippen LogP contribution in [-0.2, 0) is 9.53 Å². The number of rotatable bonds is 8. The van der Waals surface area contributed by atoms with Crippen LogP contribution in [-0.4, -0.2) is 75.2 Å². The maximum atomic E-state index is 11.8. The molecule has 1 N–H and O–H groups in total. The lowest BCUT2D eigenvalue weighted by Crippen LogP contribution is -2.48. The Labute approximate surface area is 130 Å². The van der Waals surface area contributed by atoms with Crippen molar-refractivity contribution >= 4 is 5.97 Å². The molecular formula is C16H33N3O2. The predicted octanol–water partition coefficient (Wildman–Crippen LogP) is 1.33. The van der Waals surface area contributed by atoms with Crippen molar-refractivity contribution in [2.45, 2.75) is 50.6 Å². The zero-order valence-electron chi connectivity index (χ0n) is 14.4. The van der Waals surface area contributed by atoms with Crippen LogP contribution in [0.5, 0.6) is 0 Å². The van der Waals surface area contributed by atoms with Crippen LogP contribution in [0.2, 0.25) is 0 Å². The second kappa shape index (κ2) is 8.71. The van der Waals surface area contributed by atoms with Crippen molar-refractivity contribution in [1.82, 2.24) is 15.1 Å². The Morgan fingerprint density at radius 3 is 2.76 bits per heavy atom. The van der Waals surface area contributed by atoms with E-state index in [1.165, 1.54) is 33.0 Å². The molecular weight excluding hydrogens is 266 g/mol. The average Bonchev–Trinajstić information content (AvgIpc) is 2.50. The molecule has 0 bridgehead atoms. The Morgan fingerprint density at radius 1 is 1.48 bits per heavy atom. The van der Waals surface area contributed by atoms with Crippen molar-refractivity contribution in [2.75, 3.05) is 47.9 Å². The van der Waals surface area contributed by atoms with Gasteiger partial charge in [-0.05, 0) is 73.3 Å². The number of hydrogen-bond donors (Lipinski definition) is 1. The molecule has 0 aliphatic carbocycles. The van der Waals surface area contributed by atoms with Crippen LogP contribution in [0, 0.1) is 0 Å². The minimum atomic E-state index is -0.557. The van der Waals surface area contributed by atoms with Crippen LogP contribution in [0.3, 0.4) is 0 Å². The van der Waals surface area contributed by atoms with Gasteiger partial charge in [0.05, 0.1) is 7.11 Å². The second-order valence-corrected chi connectivity index (χ2v) is 6.57. The summed E-state index contributed by atoms with van der Waals surface area (Å²) in [6, 6.07) is 0.681. The van der Waals surface area contributed by atoms with Gasteiger partial charge in [0, 0.05) is 12.6 Å². The summed E-state index contributed by atoms with van der Waals surface area (Å²) in [7, 11) is 7.70. The summed E-state index contributed by atoms with van der Waals surface area (Å²) in [5.41, 5.74) is -0.557. The molecule has 0 spiro atoms. The molecule has 21 heavy (non-hydrogen) atoms. The fourth-order valence-corrected chi connectivity index (χ4v) is 3.08. The minimum Gasteiger partial charge on any atom is -0.468 e. The highest BCUT2D eigenvalue weighted by Gasteiger charge is 2.31. The number of unbranched alkanes of at least 4 members (excludes halogenated alkanes) is 1. The summed E-state index contributed by atoms with van der Waals surface area (Å²) >= 11 is 0. The van der Waals surface area contributed by atoms with E-state index in [-0.39, 0.29) is 5.97 Å². The summed E-state index contributed by atoms with van der Waals surface area (Å²) < 4.78 is 4.87. The molecule has 2 unspecified atom stereocenters. The van der Waals surface area contributed by atoms with E-state index in [2.05, 4.69) is 29.2 Å². The van der Waals surface area contributed by atoms with Gasteiger partial charge >= 0.3 is 5.97 Å². The van der Waals surface area contributed by atoms with Gasteiger partial charge in [-0.3, -0.25) is 4.79 Å². The topological polar surface area (TPSA) is 44.8 Å². The summed E-state index contributed by atoms with van der Waals surface area (Å²) in [6.45, 7) is 5.41. The summed E-state index contributed by atoms with van der Waals surface area (Å²) in [4.78, 5) is 16.7. The quantitative estimate of drug-likeness (QED) is 0.541. The molecule has 1 aliphatic rings. The number of likely N-dealkylation sites (tertiary alicyclic amines) is 1. The Bertz CT molecular complexity index is 325. The first-order chi connectivity index (χ1) is 9.92. The van der Waals surface area contributed by atoms with Crippen molar-refractivity contribution in [3.05, 3.63) is 0 Å². The SMILES string of the molecule is CNC(C)(CCCCN(C)C1CCCN(C)C1)C(=O)OC. The molecule has 2 atom stereocenters. The molecule has 5 heteroatoms. The van der Waals surface area contributed by atoms with Gasteiger partial charge in [-0.15, -0.1) is 0 Å². The lowest BCUT2D eigenvalue weighted by atomic mass is 9.95. The highest BCUT2D eigenvalue weighted by Crippen LogP contribution is 2.17. The van der Waals surface area contributed by atoms with E-state index in [9.17, 15) is 4.79 Å². The number of nitrogens with one attached hydrogen (secondary N) is 1. The van der Waals surface area contributed by atoms with E-state index in [1.54, 1.807) is 0 Å². The first-order valence-electron chi connectivity index (χ1n) is 8.09. The van der Waals surface area contributed by atoms with Crippen molar-refractivity contribution in [2.24, 2.45) is 0 Å². The number of esters is 1. The zero-order chi connectivity index (χ0) is 15.9. The highest BCUT2D eigenvalue weighted by atomic mass is 16.5. The second-order valence-electron chi connectivity index (χ2n) is 6.57. The number of ether oxygens (including phenoxy) is 1. The average molecular weight is 299 g/mol. The lowest BCUT2D eigenvalue weighted by molar-refractivity contribution is -0.148. The molecule has 1 fully saturated rings. The van der Waals surface area contributed by atoms with Crippen LogP contribution in [0.4, 0.5) is 0 Å². The predicted molar refractivity (Wildman–Crippen MR) is 86.5 cm³/mol. The normalized spacial score (nSPS) is 23.0. The summed E-state index contributed by atoms with van der Waals surface area (Å²) in [5.74, 6) is -0.174. The number of hydrogen-bond acceptors (Lipinski definition) is 5. The number of piperidine rings is 1. The van der Waals surface area contributed by atoms with E-state index in [1.807, 2.05) is 14.0 Å². The number of carbonyl (C=O) groups excluding carboxylic acids is 1. The van der Waals surface area contributed by atoms with Crippen molar-refractivity contribution < 1.29 is 9.53 Å². The molecule has 0 aromatic rings. The van der Waals surface area contributed by atoms with Crippen LogP contribution < -0.4 is 5.32 Å². The molecule has 1 aliphatic heterocycles. The number of likely N-dealkylation sites (N-methyl/N-ethyl adjacent to an activating group) is 3. The van der Waals surface area contributed by atoms with E-state index in [0.717, 1.165) is 25.8 Å². The molecule has 5 nitrogen and oxygen atoms in total. The molecule has 0 radical (unpaired) electrons. The fourth-order valence-electron chi connectivity index (χ4n) is 3.08. The molecule has 1 heterocycles. The van der Waals surface area contributed by atoms with Crippen LogP contribution in [0.1, 0.15) is 39.0 Å². The van der Waals surface area contributed by atoms with Crippen LogP contribution in [0.25, 0.3) is 0 Å². The number of carbonyl (C=O) groups is 1. The summed E-state index contributed by atoms with van der Waals surface area (Å²) in [5, 5.41) is 3.09. The zero-order valence-corrected chi connectivity index (χ0v) is 14.4. The van der Waals surface area contributed by atoms with E-state index >= 15 is 0 Å². The van der Waals surface area contributed by atoms with Gasteiger partial charge in [0.1, 0.15) is 5.54 Å². The van der Waals surface area contributed by atoms with Crippen molar-refractivity contribution in [3.8, 4) is 0 Å². The minimum absolute atomic E-state index is 0.174. The van der Waals surface area contributed by atoms with Gasteiger partial charge in [0.15, 0.2) is 0 Å². The monoisotopic (exact) mass is 299 g/mol. The number of methoxy groups -OCH3 is 1. The van der Waals surface area contributed by atoms with Gasteiger partial charge < -0.3 is 19.9 Å². The Kier molecular flexibility index (Phi) is 7.63. The van der Waals surface area contributed by atoms with E-state index < -0.39 is 5.54 Å². The highest BCUT2D eigenvalue weighted by molar-refractivity contribution is 5.80. The summed E-state index contributed by atoms with van der Waals surface area (Å²) in [6.07, 6.45) is 5.56. The van der Waals surface area contributed by atoms with Gasteiger partial charge in [-0.25, -0.2) is 0 Å². The van der Waals surface area contributed by atoms with E-state index in [0.29, 0.717) is 6.04 Å². The third kappa shape index (κ3) is 5.57. The van der Waals surface area contributed by atoms with Crippen molar-refractivity contribution in [1.29, 1.82) is 0 Å². The Morgan fingerprint density at radius 2 is 2.19 bits per heavy atom. The molecule has 1 saturated heterocycles. The molecule has 0 aromatic heterocycles. The van der Waals surface area contributed by atoms with Gasteiger partial charge in [-0.1, -0.05) is 0 Å². The third-order valence-electron chi connectivity index (χ3n) is 4.85. The Hall–Kier alpha value is -0.650. The third-order valence-corrected chi connectivity index (χ3v) is 4.85. The van der Waals surface area contributed by atoms with Crippen molar-refractivity contribution in [3.63, 3.8) is 0 Å². The Balaban J connectivity index is 2.28. The van der Waals surface area contributed by atoms with Gasteiger partial charge in [0.25, 0.3) is 0 Å². The standard InChI is InChI=1S/C16H33N3O2/c1-16(17-2,15(20)21-5)10-6-7-12-19(4)14-9-8-11-18(3)13-14/h14,17H,6-13H2,1-5H3. The molecule has 124 valence electrons. The van der Waals surface area contributed by atoms with Crippen LogP contribution >= 0.6 is 0 Å². The smallest absolute Gasteiger partial charge is 0.325 e. The first-order valence-corrected chi connectivity index (χ1v) is 8.09. The number of nitrogens with zero attached hydrogens (tertiary/aromatic N) is 2. The maximum absolute atomic E-state index is 11.8.